The largest absolute Gasteiger partial charge is 0.381 e. The van der Waals surface area contributed by atoms with Gasteiger partial charge in [0.05, 0.1) is 12.7 Å². The summed E-state index contributed by atoms with van der Waals surface area (Å²) in [5.74, 6) is -0.618. The van der Waals surface area contributed by atoms with Gasteiger partial charge in [-0.3, -0.25) is 4.79 Å². The van der Waals surface area contributed by atoms with Crippen molar-refractivity contribution in [1.82, 2.24) is 5.32 Å². The Morgan fingerprint density at radius 1 is 1.60 bits per heavy atom. The van der Waals surface area contributed by atoms with Crippen molar-refractivity contribution in [2.75, 3.05) is 13.7 Å². The van der Waals surface area contributed by atoms with Gasteiger partial charge in [0, 0.05) is 18.0 Å². The first-order valence-electron chi connectivity index (χ1n) is 6.05. The second kappa shape index (κ2) is 7.36. The van der Waals surface area contributed by atoms with E-state index in [1.54, 1.807) is 13.0 Å². The number of ether oxygens (including phenoxy) is 1. The SMILES string of the molecule is COC[C@@](C)(C#N)NC(=O)CCc1cc(F)ccc1Br. The van der Waals surface area contributed by atoms with Crippen molar-refractivity contribution in [3.05, 3.63) is 34.1 Å². The van der Waals surface area contributed by atoms with Crippen molar-refractivity contribution in [3.8, 4) is 6.07 Å². The molecular weight excluding hydrogens is 327 g/mol. The lowest BCUT2D eigenvalue weighted by Crippen LogP contribution is -2.48. The maximum atomic E-state index is 13.1. The molecule has 0 aliphatic rings. The van der Waals surface area contributed by atoms with Crippen molar-refractivity contribution in [2.24, 2.45) is 0 Å². The molecule has 1 rings (SSSR count). The molecular formula is C14H16BrFN2O2. The van der Waals surface area contributed by atoms with Crippen LogP contribution in [0.2, 0.25) is 0 Å². The Kier molecular flexibility index (Phi) is 6.11. The smallest absolute Gasteiger partial charge is 0.221 e. The fraction of sp³-hybridized carbons (Fsp3) is 0.429. The van der Waals surface area contributed by atoms with Gasteiger partial charge < -0.3 is 10.1 Å². The normalized spacial score (nSPS) is 13.3. The van der Waals surface area contributed by atoms with Crippen LogP contribution in [0.15, 0.2) is 22.7 Å². The molecule has 1 amide bonds. The van der Waals surface area contributed by atoms with E-state index in [4.69, 9.17) is 10.00 Å². The lowest BCUT2D eigenvalue weighted by atomic mass is 10.0. The van der Waals surface area contributed by atoms with E-state index < -0.39 is 5.54 Å². The quantitative estimate of drug-likeness (QED) is 0.864. The van der Waals surface area contributed by atoms with Gasteiger partial charge in [-0.25, -0.2) is 4.39 Å². The monoisotopic (exact) mass is 342 g/mol. The Balaban J connectivity index is 2.60. The average Bonchev–Trinajstić information content (AvgIpc) is 2.40. The van der Waals surface area contributed by atoms with E-state index in [2.05, 4.69) is 21.2 Å². The van der Waals surface area contributed by atoms with Gasteiger partial charge in [-0.1, -0.05) is 15.9 Å². The van der Waals surface area contributed by atoms with E-state index in [1.807, 2.05) is 6.07 Å². The van der Waals surface area contributed by atoms with Crippen LogP contribution in [-0.2, 0) is 16.0 Å². The first-order chi connectivity index (χ1) is 9.40. The highest BCUT2D eigenvalue weighted by Crippen LogP contribution is 2.19. The van der Waals surface area contributed by atoms with E-state index in [9.17, 15) is 9.18 Å². The van der Waals surface area contributed by atoms with E-state index >= 15 is 0 Å². The Morgan fingerprint density at radius 3 is 2.90 bits per heavy atom. The fourth-order valence-corrected chi connectivity index (χ4v) is 2.18. The number of benzene rings is 1. The number of nitrogens with one attached hydrogen (secondary N) is 1. The van der Waals surface area contributed by atoms with Crippen LogP contribution in [0.5, 0.6) is 0 Å². The summed E-state index contributed by atoms with van der Waals surface area (Å²) in [6.45, 7) is 1.70. The second-order valence-corrected chi connectivity index (χ2v) is 5.52. The number of hydrogen-bond donors (Lipinski definition) is 1. The molecule has 0 unspecified atom stereocenters. The molecule has 1 atom stereocenters. The number of carbonyl (C=O) groups is 1. The predicted octanol–water partition coefficient (Wildman–Crippen LogP) is 2.57. The van der Waals surface area contributed by atoms with Crippen molar-refractivity contribution in [3.63, 3.8) is 0 Å². The molecule has 0 radical (unpaired) electrons. The molecule has 0 spiro atoms. The average molecular weight is 343 g/mol. The third-order valence-corrected chi connectivity index (χ3v) is 3.50. The van der Waals surface area contributed by atoms with Crippen LogP contribution < -0.4 is 5.32 Å². The van der Waals surface area contributed by atoms with Gasteiger partial charge >= 0.3 is 0 Å². The van der Waals surface area contributed by atoms with E-state index in [-0.39, 0.29) is 24.8 Å². The molecule has 0 aliphatic carbocycles. The van der Waals surface area contributed by atoms with E-state index in [0.29, 0.717) is 12.0 Å². The summed E-state index contributed by atoms with van der Waals surface area (Å²) < 4.78 is 18.8. The van der Waals surface area contributed by atoms with Crippen LogP contribution in [0, 0.1) is 17.1 Å². The molecule has 0 aliphatic heterocycles. The molecule has 1 aromatic carbocycles. The summed E-state index contributed by atoms with van der Waals surface area (Å²) in [6, 6.07) is 6.34. The lowest BCUT2D eigenvalue weighted by Gasteiger charge is -2.22. The van der Waals surface area contributed by atoms with Gasteiger partial charge in [0.15, 0.2) is 0 Å². The third-order valence-electron chi connectivity index (χ3n) is 2.72. The van der Waals surface area contributed by atoms with Crippen LogP contribution in [0.4, 0.5) is 4.39 Å². The molecule has 1 N–H and O–H groups in total. The summed E-state index contributed by atoms with van der Waals surface area (Å²) >= 11 is 3.31. The van der Waals surface area contributed by atoms with Crippen LogP contribution in [0.1, 0.15) is 18.9 Å². The minimum absolute atomic E-state index is 0.110. The molecule has 1 aromatic rings. The number of aryl methyl sites for hydroxylation is 1. The molecule has 0 saturated heterocycles. The summed E-state index contributed by atoms with van der Waals surface area (Å²) in [5, 5.41) is 11.6. The first kappa shape index (κ1) is 16.6. The Labute approximate surface area is 126 Å². The van der Waals surface area contributed by atoms with Gasteiger partial charge in [0.1, 0.15) is 11.4 Å². The number of methoxy groups -OCH3 is 1. The van der Waals surface area contributed by atoms with E-state index in [1.165, 1.54) is 19.2 Å². The number of nitrogens with zero attached hydrogens (tertiary/aromatic N) is 1. The fourth-order valence-electron chi connectivity index (χ4n) is 1.74. The van der Waals surface area contributed by atoms with Crippen molar-refractivity contribution < 1.29 is 13.9 Å². The molecule has 0 saturated carbocycles. The molecule has 6 heteroatoms. The zero-order valence-electron chi connectivity index (χ0n) is 11.4. The number of hydrogen-bond acceptors (Lipinski definition) is 3. The molecule has 0 aromatic heterocycles. The maximum absolute atomic E-state index is 13.1. The number of nitriles is 1. The highest BCUT2D eigenvalue weighted by atomic mass is 79.9. The Bertz CT molecular complexity index is 530. The molecule has 4 nitrogen and oxygen atoms in total. The highest BCUT2D eigenvalue weighted by molar-refractivity contribution is 9.10. The number of halogens is 2. The topological polar surface area (TPSA) is 62.1 Å². The van der Waals surface area contributed by atoms with Gasteiger partial charge in [0.2, 0.25) is 5.91 Å². The molecule has 20 heavy (non-hydrogen) atoms. The van der Waals surface area contributed by atoms with Crippen molar-refractivity contribution >= 4 is 21.8 Å². The molecule has 0 fully saturated rings. The number of carbonyl (C=O) groups excluding carboxylic acids is 1. The van der Waals surface area contributed by atoms with Gasteiger partial charge in [-0.15, -0.1) is 0 Å². The summed E-state index contributed by atoms with van der Waals surface area (Å²) in [7, 11) is 1.46. The summed E-state index contributed by atoms with van der Waals surface area (Å²) in [5.41, 5.74) is -0.337. The Morgan fingerprint density at radius 2 is 2.30 bits per heavy atom. The standard InChI is InChI=1S/C14H16BrFN2O2/c1-14(8-17,9-20-2)18-13(19)6-3-10-7-11(16)4-5-12(10)15/h4-5,7H,3,6,9H2,1-2H3,(H,18,19)/t14-/m1/s1. The number of rotatable bonds is 6. The van der Waals surface area contributed by atoms with Crippen molar-refractivity contribution in [1.29, 1.82) is 5.26 Å². The Hall–Kier alpha value is -1.45. The van der Waals surface area contributed by atoms with Crippen molar-refractivity contribution in [2.45, 2.75) is 25.3 Å². The zero-order valence-corrected chi connectivity index (χ0v) is 13.0. The third kappa shape index (κ3) is 4.91. The second-order valence-electron chi connectivity index (χ2n) is 4.66. The van der Waals surface area contributed by atoms with Crippen LogP contribution in [0.3, 0.4) is 0 Å². The zero-order chi connectivity index (χ0) is 15.2. The summed E-state index contributed by atoms with van der Waals surface area (Å²) in [6.07, 6.45) is 0.557. The van der Waals surface area contributed by atoms with Gasteiger partial charge in [0.25, 0.3) is 0 Å². The van der Waals surface area contributed by atoms with Crippen LogP contribution in [-0.4, -0.2) is 25.2 Å². The van der Waals surface area contributed by atoms with Crippen LogP contribution >= 0.6 is 15.9 Å². The lowest BCUT2D eigenvalue weighted by molar-refractivity contribution is -0.122. The minimum atomic E-state index is -1.05. The maximum Gasteiger partial charge on any atom is 0.221 e. The predicted molar refractivity (Wildman–Crippen MR) is 76.5 cm³/mol. The van der Waals surface area contributed by atoms with Gasteiger partial charge in [-0.2, -0.15) is 5.26 Å². The van der Waals surface area contributed by atoms with E-state index in [0.717, 1.165) is 4.47 Å². The van der Waals surface area contributed by atoms with Gasteiger partial charge in [-0.05, 0) is 37.1 Å². The molecule has 108 valence electrons. The summed E-state index contributed by atoms with van der Waals surface area (Å²) in [4.78, 5) is 11.8. The number of amides is 1. The highest BCUT2D eigenvalue weighted by Gasteiger charge is 2.25. The van der Waals surface area contributed by atoms with Crippen LogP contribution in [0.25, 0.3) is 0 Å². The minimum Gasteiger partial charge on any atom is -0.381 e. The molecule has 0 heterocycles. The first-order valence-corrected chi connectivity index (χ1v) is 6.84. The molecule has 0 bridgehead atoms.